The number of nitrogens with zero attached hydrogens (tertiary/aromatic N) is 1. The van der Waals surface area contributed by atoms with Crippen LogP contribution in [0.4, 0.5) is 0 Å². The summed E-state index contributed by atoms with van der Waals surface area (Å²) in [6.45, 7) is 7.21. The maximum atomic E-state index is 6.81. The van der Waals surface area contributed by atoms with Crippen molar-refractivity contribution in [2.75, 3.05) is 7.11 Å². The lowest BCUT2D eigenvalue weighted by atomic mass is 10.1. The summed E-state index contributed by atoms with van der Waals surface area (Å²) in [5, 5.41) is 1.06. The van der Waals surface area contributed by atoms with Crippen LogP contribution < -0.4 is 4.74 Å². The standard InChI is InChI=1S/C11H10N2O/c1-12-7-8-5-10-9(3-4-13-10)11(6-8)14-2/h3-6,13H,7H2,2H3. The highest BCUT2D eigenvalue weighted by molar-refractivity contribution is 5.86. The molecule has 70 valence electrons. The molecule has 0 fully saturated rings. The topological polar surface area (TPSA) is 29.4 Å². The number of methoxy groups -OCH3 is 1. The molecule has 3 heteroatoms. The van der Waals surface area contributed by atoms with Crippen LogP contribution in [0.15, 0.2) is 24.4 Å². The van der Waals surface area contributed by atoms with E-state index >= 15 is 0 Å². The number of fused-ring (bicyclic) bond motifs is 1. The fraction of sp³-hybridized carbons (Fsp3) is 0.182. The summed E-state index contributed by atoms with van der Waals surface area (Å²) in [4.78, 5) is 6.46. The summed E-state index contributed by atoms with van der Waals surface area (Å²) >= 11 is 0. The predicted molar refractivity (Wildman–Crippen MR) is 55.2 cm³/mol. The second-order valence-corrected chi connectivity index (χ2v) is 3.05. The van der Waals surface area contributed by atoms with Crippen molar-refractivity contribution in [1.29, 1.82) is 0 Å². The number of H-pyrrole nitrogens is 1. The predicted octanol–water partition coefficient (Wildman–Crippen LogP) is 2.60. The highest BCUT2D eigenvalue weighted by Crippen LogP contribution is 2.26. The number of ether oxygens (including phenoxy) is 1. The number of benzene rings is 1. The van der Waals surface area contributed by atoms with Crippen LogP contribution in [0.5, 0.6) is 5.75 Å². The fourth-order valence-corrected chi connectivity index (χ4v) is 1.54. The molecule has 0 aliphatic heterocycles. The molecule has 1 heterocycles. The van der Waals surface area contributed by atoms with Crippen molar-refractivity contribution >= 4 is 10.9 Å². The van der Waals surface area contributed by atoms with E-state index in [4.69, 9.17) is 11.3 Å². The lowest BCUT2D eigenvalue weighted by Gasteiger charge is -2.02. The normalized spacial score (nSPS) is 10.0. The van der Waals surface area contributed by atoms with Gasteiger partial charge in [-0.1, -0.05) is 0 Å². The van der Waals surface area contributed by atoms with Crippen molar-refractivity contribution in [1.82, 2.24) is 4.98 Å². The molecule has 0 spiro atoms. The molecule has 0 bridgehead atoms. The highest BCUT2D eigenvalue weighted by atomic mass is 16.5. The van der Waals surface area contributed by atoms with Crippen molar-refractivity contribution in [3.8, 4) is 5.75 Å². The van der Waals surface area contributed by atoms with Crippen LogP contribution in [0.3, 0.4) is 0 Å². The Labute approximate surface area is 82.1 Å². The van der Waals surface area contributed by atoms with E-state index in [0.29, 0.717) is 6.54 Å². The van der Waals surface area contributed by atoms with Crippen molar-refractivity contribution in [3.63, 3.8) is 0 Å². The number of nitrogens with one attached hydrogen (secondary N) is 1. The van der Waals surface area contributed by atoms with E-state index in [9.17, 15) is 0 Å². The number of hydrogen-bond acceptors (Lipinski definition) is 1. The third-order valence-electron chi connectivity index (χ3n) is 2.17. The Morgan fingerprint density at radius 2 is 2.36 bits per heavy atom. The van der Waals surface area contributed by atoms with Crippen LogP contribution in [-0.2, 0) is 6.54 Å². The summed E-state index contributed by atoms with van der Waals surface area (Å²) in [6.07, 6.45) is 1.87. The molecule has 0 aliphatic carbocycles. The van der Waals surface area contributed by atoms with E-state index in [1.807, 2.05) is 24.4 Å². The lowest BCUT2D eigenvalue weighted by Crippen LogP contribution is -1.87. The summed E-state index contributed by atoms with van der Waals surface area (Å²) in [7, 11) is 1.64. The van der Waals surface area contributed by atoms with Crippen molar-refractivity contribution < 1.29 is 4.74 Å². The maximum Gasteiger partial charge on any atom is 0.239 e. The van der Waals surface area contributed by atoms with Gasteiger partial charge in [0.25, 0.3) is 0 Å². The summed E-state index contributed by atoms with van der Waals surface area (Å²) < 4.78 is 5.25. The Balaban J connectivity index is 2.62. The Hall–Kier alpha value is -1.95. The second kappa shape index (κ2) is 3.43. The minimum Gasteiger partial charge on any atom is -0.496 e. The number of aromatic nitrogens is 1. The summed E-state index contributed by atoms with van der Waals surface area (Å²) in [5.74, 6) is 0.822. The first-order valence-corrected chi connectivity index (χ1v) is 4.32. The Morgan fingerprint density at radius 3 is 3.07 bits per heavy atom. The molecule has 0 saturated heterocycles. The van der Waals surface area contributed by atoms with Gasteiger partial charge in [0.1, 0.15) is 5.75 Å². The molecule has 2 aromatic rings. The van der Waals surface area contributed by atoms with Gasteiger partial charge in [0.2, 0.25) is 6.54 Å². The van der Waals surface area contributed by atoms with Crippen LogP contribution in [0, 0.1) is 6.57 Å². The molecular formula is C11H10N2O. The Kier molecular flexibility index (Phi) is 2.11. The van der Waals surface area contributed by atoms with Crippen LogP contribution in [0.25, 0.3) is 15.7 Å². The number of rotatable bonds is 2. The first-order valence-electron chi connectivity index (χ1n) is 4.32. The van der Waals surface area contributed by atoms with Gasteiger partial charge in [0.15, 0.2) is 0 Å². The molecule has 0 saturated carbocycles. The van der Waals surface area contributed by atoms with Gasteiger partial charge in [0, 0.05) is 22.7 Å². The van der Waals surface area contributed by atoms with E-state index in [-0.39, 0.29) is 0 Å². The molecule has 0 atom stereocenters. The summed E-state index contributed by atoms with van der Waals surface area (Å²) in [6, 6.07) is 5.86. The third kappa shape index (κ3) is 1.31. The molecule has 14 heavy (non-hydrogen) atoms. The Morgan fingerprint density at radius 1 is 1.50 bits per heavy atom. The number of hydrogen-bond donors (Lipinski definition) is 1. The fourth-order valence-electron chi connectivity index (χ4n) is 1.54. The average Bonchev–Trinajstić information content (AvgIpc) is 2.65. The maximum absolute atomic E-state index is 6.81. The van der Waals surface area contributed by atoms with Gasteiger partial charge < -0.3 is 14.6 Å². The smallest absolute Gasteiger partial charge is 0.239 e. The largest absolute Gasteiger partial charge is 0.496 e. The molecule has 1 aromatic carbocycles. The van der Waals surface area contributed by atoms with Gasteiger partial charge in [-0.3, -0.25) is 0 Å². The lowest BCUT2D eigenvalue weighted by molar-refractivity contribution is 0.419. The quantitative estimate of drug-likeness (QED) is 0.718. The van der Waals surface area contributed by atoms with Gasteiger partial charge >= 0.3 is 0 Å². The summed E-state index contributed by atoms with van der Waals surface area (Å²) in [5.41, 5.74) is 2.00. The van der Waals surface area contributed by atoms with Crippen molar-refractivity contribution in [2.45, 2.75) is 6.54 Å². The molecule has 2 rings (SSSR count). The zero-order valence-corrected chi connectivity index (χ0v) is 7.87. The van der Waals surface area contributed by atoms with E-state index < -0.39 is 0 Å². The third-order valence-corrected chi connectivity index (χ3v) is 2.17. The number of aromatic amines is 1. The molecule has 0 amide bonds. The molecule has 0 unspecified atom stereocenters. The van der Waals surface area contributed by atoms with Gasteiger partial charge in [0.05, 0.1) is 7.11 Å². The molecule has 1 N–H and O–H groups in total. The van der Waals surface area contributed by atoms with Crippen molar-refractivity contribution in [2.24, 2.45) is 0 Å². The molecular weight excluding hydrogens is 176 g/mol. The minimum absolute atomic E-state index is 0.394. The highest BCUT2D eigenvalue weighted by Gasteiger charge is 2.06. The zero-order chi connectivity index (χ0) is 9.97. The van der Waals surface area contributed by atoms with E-state index in [1.165, 1.54) is 0 Å². The Bertz CT molecular complexity index is 493. The molecule has 0 aliphatic rings. The van der Waals surface area contributed by atoms with Gasteiger partial charge in [-0.15, -0.1) is 0 Å². The van der Waals surface area contributed by atoms with Crippen LogP contribution in [0.1, 0.15) is 5.56 Å². The van der Waals surface area contributed by atoms with Crippen molar-refractivity contribution in [3.05, 3.63) is 41.4 Å². The van der Waals surface area contributed by atoms with Gasteiger partial charge in [-0.05, 0) is 18.2 Å². The molecule has 3 nitrogen and oxygen atoms in total. The SMILES string of the molecule is [C-]#[N+]Cc1cc(OC)c2cc[nH]c2c1. The van der Waals surface area contributed by atoms with E-state index in [2.05, 4.69) is 9.83 Å². The first-order chi connectivity index (χ1) is 6.85. The minimum atomic E-state index is 0.394. The molecule has 1 aromatic heterocycles. The monoisotopic (exact) mass is 186 g/mol. The van der Waals surface area contributed by atoms with Crippen LogP contribution >= 0.6 is 0 Å². The average molecular weight is 186 g/mol. The van der Waals surface area contributed by atoms with Gasteiger partial charge in [-0.2, -0.15) is 0 Å². The first kappa shape index (κ1) is 8.64. The van der Waals surface area contributed by atoms with Gasteiger partial charge in [-0.25, -0.2) is 6.57 Å². The van der Waals surface area contributed by atoms with Crippen LogP contribution in [0.2, 0.25) is 0 Å². The zero-order valence-electron chi connectivity index (χ0n) is 7.87. The molecule has 0 radical (unpaired) electrons. The second-order valence-electron chi connectivity index (χ2n) is 3.05. The van der Waals surface area contributed by atoms with E-state index in [1.54, 1.807) is 7.11 Å². The van der Waals surface area contributed by atoms with Crippen LogP contribution in [-0.4, -0.2) is 12.1 Å². The van der Waals surface area contributed by atoms with E-state index in [0.717, 1.165) is 22.2 Å².